The summed E-state index contributed by atoms with van der Waals surface area (Å²) in [4.78, 5) is 21.5. The molecule has 1 aromatic carbocycles. The Morgan fingerprint density at radius 2 is 1.96 bits per heavy atom. The van der Waals surface area contributed by atoms with E-state index in [2.05, 4.69) is 15.0 Å². The van der Waals surface area contributed by atoms with Gasteiger partial charge in [0.2, 0.25) is 0 Å². The van der Waals surface area contributed by atoms with Crippen molar-refractivity contribution in [3.05, 3.63) is 75.6 Å². The molecule has 0 aliphatic carbocycles. The van der Waals surface area contributed by atoms with Gasteiger partial charge < -0.3 is 9.47 Å². The number of halogens is 1. The lowest BCUT2D eigenvalue weighted by Crippen LogP contribution is -2.12. The molecule has 3 rings (SSSR count). The molecule has 25 heavy (non-hydrogen) atoms. The van der Waals surface area contributed by atoms with E-state index < -0.39 is 5.69 Å². The van der Waals surface area contributed by atoms with Crippen LogP contribution in [0.5, 0.6) is 17.4 Å². The average Bonchev–Trinajstić information content (AvgIpc) is 2.60. The molecule has 0 saturated heterocycles. The fourth-order valence-electron chi connectivity index (χ4n) is 2.14. The van der Waals surface area contributed by atoms with E-state index in [1.54, 1.807) is 18.3 Å². The summed E-state index contributed by atoms with van der Waals surface area (Å²) in [5.74, 6) is 1.74. The fourth-order valence-corrected chi connectivity index (χ4v) is 2.26. The molecule has 0 saturated carbocycles. The molecule has 128 valence electrons. The largest absolute Gasteiger partial charge is 0.478 e. The van der Waals surface area contributed by atoms with Gasteiger partial charge >= 0.3 is 5.69 Å². The summed E-state index contributed by atoms with van der Waals surface area (Å²) in [5.41, 5.74) is 1.38. The number of H-pyrrole nitrogens is 1. The number of nitrogens with zero attached hydrogens (tertiary/aromatic N) is 2. The van der Waals surface area contributed by atoms with E-state index in [1.165, 1.54) is 6.20 Å². The van der Waals surface area contributed by atoms with Crippen LogP contribution >= 0.6 is 11.6 Å². The number of aromatic nitrogens is 3. The zero-order valence-electron chi connectivity index (χ0n) is 13.5. The second kappa shape index (κ2) is 7.81. The van der Waals surface area contributed by atoms with Gasteiger partial charge in [0.15, 0.2) is 5.88 Å². The number of aryl methyl sites for hydroxylation is 1. The van der Waals surface area contributed by atoms with Crippen molar-refractivity contribution in [3.8, 4) is 17.4 Å². The number of aromatic amines is 1. The van der Waals surface area contributed by atoms with Gasteiger partial charge in [-0.05, 0) is 42.8 Å². The van der Waals surface area contributed by atoms with Crippen molar-refractivity contribution in [2.45, 2.75) is 13.3 Å². The standard InChI is InChI=1S/C18H16ClN3O3/c1-12-10-14(4-5-16(12)19)25-15-3-2-13(21-11-15)7-9-24-17-6-8-20-18(23)22-17/h2-6,8,10-11H,7,9H2,1H3,(H,20,22,23). The molecule has 0 radical (unpaired) electrons. The number of pyridine rings is 1. The highest BCUT2D eigenvalue weighted by atomic mass is 35.5. The lowest BCUT2D eigenvalue weighted by atomic mass is 10.2. The van der Waals surface area contributed by atoms with Crippen LogP contribution in [-0.4, -0.2) is 21.6 Å². The molecule has 0 amide bonds. The lowest BCUT2D eigenvalue weighted by molar-refractivity contribution is 0.306. The quantitative estimate of drug-likeness (QED) is 0.730. The van der Waals surface area contributed by atoms with Crippen LogP contribution in [0.15, 0.2) is 53.6 Å². The Hall–Kier alpha value is -2.86. The van der Waals surface area contributed by atoms with Crippen LogP contribution in [0.3, 0.4) is 0 Å². The van der Waals surface area contributed by atoms with E-state index in [0.717, 1.165) is 11.3 Å². The molecule has 0 bridgehead atoms. The second-order valence-electron chi connectivity index (χ2n) is 5.34. The Balaban J connectivity index is 1.54. The van der Waals surface area contributed by atoms with E-state index >= 15 is 0 Å². The highest BCUT2D eigenvalue weighted by Crippen LogP contribution is 2.25. The van der Waals surface area contributed by atoms with Crippen LogP contribution in [0.1, 0.15) is 11.3 Å². The third kappa shape index (κ3) is 4.81. The average molecular weight is 358 g/mol. The highest BCUT2D eigenvalue weighted by Gasteiger charge is 2.03. The predicted octanol–water partition coefficient (Wildman–Crippen LogP) is 3.54. The van der Waals surface area contributed by atoms with Crippen LogP contribution in [0, 0.1) is 6.92 Å². The molecular formula is C18H16ClN3O3. The smallest absolute Gasteiger partial charge is 0.347 e. The minimum Gasteiger partial charge on any atom is -0.478 e. The van der Waals surface area contributed by atoms with Crippen molar-refractivity contribution < 1.29 is 9.47 Å². The number of benzene rings is 1. The van der Waals surface area contributed by atoms with Gasteiger partial charge in [0, 0.05) is 29.4 Å². The minimum atomic E-state index is -0.436. The Labute approximate surface area is 149 Å². The van der Waals surface area contributed by atoms with E-state index in [-0.39, 0.29) is 0 Å². The van der Waals surface area contributed by atoms with Gasteiger partial charge in [-0.3, -0.25) is 9.97 Å². The zero-order chi connectivity index (χ0) is 17.6. The molecule has 0 atom stereocenters. The summed E-state index contributed by atoms with van der Waals surface area (Å²) < 4.78 is 11.2. The topological polar surface area (TPSA) is 77.1 Å². The molecule has 0 unspecified atom stereocenters. The van der Waals surface area contributed by atoms with E-state index in [4.69, 9.17) is 21.1 Å². The second-order valence-corrected chi connectivity index (χ2v) is 5.74. The maximum Gasteiger partial charge on any atom is 0.347 e. The summed E-state index contributed by atoms with van der Waals surface area (Å²) in [5, 5.41) is 0.705. The first-order chi connectivity index (χ1) is 12.1. The Kier molecular flexibility index (Phi) is 5.30. The number of rotatable bonds is 6. The summed E-state index contributed by atoms with van der Waals surface area (Å²) in [6, 6.07) is 10.8. The van der Waals surface area contributed by atoms with Gasteiger partial charge in [0.05, 0.1) is 12.8 Å². The van der Waals surface area contributed by atoms with Gasteiger partial charge in [-0.25, -0.2) is 9.78 Å². The maximum atomic E-state index is 11.1. The third-order valence-corrected chi connectivity index (χ3v) is 3.85. The first-order valence-corrected chi connectivity index (χ1v) is 8.05. The van der Waals surface area contributed by atoms with Gasteiger partial charge in [0.1, 0.15) is 11.5 Å². The normalized spacial score (nSPS) is 10.5. The van der Waals surface area contributed by atoms with Crippen LogP contribution in [0.4, 0.5) is 0 Å². The molecule has 0 aliphatic heterocycles. The Morgan fingerprint density at radius 3 is 2.68 bits per heavy atom. The summed E-state index contributed by atoms with van der Waals surface area (Å²) >= 11 is 6.00. The van der Waals surface area contributed by atoms with Crippen molar-refractivity contribution in [2.75, 3.05) is 6.61 Å². The third-order valence-electron chi connectivity index (χ3n) is 3.43. The van der Waals surface area contributed by atoms with Crippen molar-refractivity contribution in [3.63, 3.8) is 0 Å². The van der Waals surface area contributed by atoms with Crippen molar-refractivity contribution in [1.29, 1.82) is 0 Å². The molecule has 6 nitrogen and oxygen atoms in total. The Morgan fingerprint density at radius 1 is 1.12 bits per heavy atom. The SMILES string of the molecule is Cc1cc(Oc2ccc(CCOc3ccnc(=O)[nH]3)nc2)ccc1Cl. The molecule has 2 aromatic heterocycles. The Bertz CT molecular complexity index is 910. The molecule has 2 heterocycles. The minimum absolute atomic E-state index is 0.387. The van der Waals surface area contributed by atoms with Crippen molar-refractivity contribution >= 4 is 11.6 Å². The van der Waals surface area contributed by atoms with E-state index in [9.17, 15) is 4.79 Å². The maximum absolute atomic E-state index is 11.1. The molecule has 0 spiro atoms. The number of hydrogen-bond donors (Lipinski definition) is 1. The van der Waals surface area contributed by atoms with Crippen LogP contribution in [0.2, 0.25) is 5.02 Å². The molecule has 0 aliphatic rings. The number of nitrogens with one attached hydrogen (secondary N) is 1. The molecular weight excluding hydrogens is 342 g/mol. The number of hydrogen-bond acceptors (Lipinski definition) is 5. The van der Waals surface area contributed by atoms with Crippen LogP contribution in [0.25, 0.3) is 0 Å². The first kappa shape index (κ1) is 17.0. The van der Waals surface area contributed by atoms with Crippen molar-refractivity contribution in [1.82, 2.24) is 15.0 Å². The fraction of sp³-hybridized carbons (Fsp3) is 0.167. The molecule has 7 heteroatoms. The summed E-state index contributed by atoms with van der Waals surface area (Å²) in [6.45, 7) is 2.32. The zero-order valence-corrected chi connectivity index (χ0v) is 14.3. The highest BCUT2D eigenvalue weighted by molar-refractivity contribution is 6.31. The summed E-state index contributed by atoms with van der Waals surface area (Å²) in [6.07, 6.45) is 3.66. The van der Waals surface area contributed by atoms with Crippen molar-refractivity contribution in [2.24, 2.45) is 0 Å². The monoisotopic (exact) mass is 357 g/mol. The van der Waals surface area contributed by atoms with Gasteiger partial charge in [0.25, 0.3) is 0 Å². The lowest BCUT2D eigenvalue weighted by Gasteiger charge is -2.08. The van der Waals surface area contributed by atoms with Gasteiger partial charge in [-0.15, -0.1) is 0 Å². The van der Waals surface area contributed by atoms with Gasteiger partial charge in [-0.2, -0.15) is 0 Å². The van der Waals surface area contributed by atoms with Gasteiger partial charge in [-0.1, -0.05) is 11.6 Å². The van der Waals surface area contributed by atoms with E-state index in [1.807, 2.05) is 31.2 Å². The molecule has 3 aromatic rings. The first-order valence-electron chi connectivity index (χ1n) is 7.67. The predicted molar refractivity (Wildman–Crippen MR) is 94.6 cm³/mol. The number of ether oxygens (including phenoxy) is 2. The summed E-state index contributed by atoms with van der Waals surface area (Å²) in [7, 11) is 0. The van der Waals surface area contributed by atoms with Crippen LogP contribution < -0.4 is 15.2 Å². The van der Waals surface area contributed by atoms with E-state index in [0.29, 0.717) is 35.4 Å². The molecule has 0 fully saturated rings. The molecule has 1 N–H and O–H groups in total. The van der Waals surface area contributed by atoms with Crippen LogP contribution in [-0.2, 0) is 6.42 Å².